The number of thioether (sulfide) groups is 1. The number of fused-ring (bicyclic) bond motifs is 1. The number of rotatable bonds is 6. The van der Waals surface area contributed by atoms with Crippen molar-refractivity contribution in [2.75, 3.05) is 7.11 Å². The fourth-order valence-electron chi connectivity index (χ4n) is 3.50. The predicted molar refractivity (Wildman–Crippen MR) is 124 cm³/mol. The molecule has 1 fully saturated rings. The Bertz CT molecular complexity index is 1120. The second-order valence-electron chi connectivity index (χ2n) is 6.95. The average molecular weight is 418 g/mol. The third kappa shape index (κ3) is 4.09. The van der Waals surface area contributed by atoms with Crippen LogP contribution in [-0.4, -0.2) is 34.5 Å². The number of amides is 1. The van der Waals surface area contributed by atoms with E-state index in [1.807, 2.05) is 49.4 Å². The van der Waals surface area contributed by atoms with Crippen LogP contribution in [0.4, 0.5) is 0 Å². The minimum Gasteiger partial charge on any atom is -0.496 e. The number of hydrogen-bond acceptors (Lipinski definition) is 5. The molecule has 30 heavy (non-hydrogen) atoms. The SMILES string of the molecule is CC[C@H]1S/C(=N/N=C\c2ccccc2OC)N(Cc2cccc3ccccc23)C1=O. The van der Waals surface area contributed by atoms with Gasteiger partial charge in [0, 0.05) is 5.56 Å². The second-order valence-corrected chi connectivity index (χ2v) is 8.12. The quantitative estimate of drug-likeness (QED) is 0.415. The zero-order valence-electron chi connectivity index (χ0n) is 17.0. The number of hydrogen-bond donors (Lipinski definition) is 0. The van der Waals surface area contributed by atoms with Gasteiger partial charge in [-0.2, -0.15) is 5.10 Å². The van der Waals surface area contributed by atoms with Crippen LogP contribution in [-0.2, 0) is 11.3 Å². The number of methoxy groups -OCH3 is 1. The number of nitrogens with zero attached hydrogens (tertiary/aromatic N) is 3. The van der Waals surface area contributed by atoms with Crippen LogP contribution in [0.1, 0.15) is 24.5 Å². The van der Waals surface area contributed by atoms with Crippen LogP contribution >= 0.6 is 11.8 Å². The second kappa shape index (κ2) is 9.13. The van der Waals surface area contributed by atoms with Crippen molar-refractivity contribution in [2.24, 2.45) is 10.2 Å². The van der Waals surface area contributed by atoms with Gasteiger partial charge in [0.2, 0.25) is 5.91 Å². The van der Waals surface area contributed by atoms with E-state index in [1.165, 1.54) is 11.8 Å². The molecule has 152 valence electrons. The maximum Gasteiger partial charge on any atom is 0.242 e. The molecule has 1 heterocycles. The average Bonchev–Trinajstić information content (AvgIpc) is 3.09. The lowest BCUT2D eigenvalue weighted by Gasteiger charge is -2.17. The summed E-state index contributed by atoms with van der Waals surface area (Å²) in [6.07, 6.45) is 2.41. The Balaban J connectivity index is 1.63. The van der Waals surface area contributed by atoms with Gasteiger partial charge in [0.1, 0.15) is 5.75 Å². The van der Waals surface area contributed by atoms with Crippen molar-refractivity contribution in [2.45, 2.75) is 25.1 Å². The van der Waals surface area contributed by atoms with Crippen molar-refractivity contribution in [3.63, 3.8) is 0 Å². The normalized spacial score (nSPS) is 18.1. The summed E-state index contributed by atoms with van der Waals surface area (Å²) in [7, 11) is 1.63. The van der Waals surface area contributed by atoms with Gasteiger partial charge in [-0.1, -0.05) is 73.3 Å². The standard InChI is InChI=1S/C24H23N3O2S/c1-3-22-23(28)27(16-19-12-8-11-17-9-4-6-13-20(17)19)24(30-22)26-25-15-18-10-5-7-14-21(18)29-2/h4-15,22H,3,16H2,1-2H3/b25-15-,26-24+/t22-/m1/s1. The van der Waals surface area contributed by atoms with E-state index in [2.05, 4.69) is 34.5 Å². The molecule has 0 bridgehead atoms. The Labute approximate surface area is 180 Å². The zero-order valence-corrected chi connectivity index (χ0v) is 17.8. The van der Waals surface area contributed by atoms with Crippen LogP contribution in [0.3, 0.4) is 0 Å². The minimum absolute atomic E-state index is 0.0849. The lowest BCUT2D eigenvalue weighted by molar-refractivity contribution is -0.126. The maximum absolute atomic E-state index is 13.0. The summed E-state index contributed by atoms with van der Waals surface area (Å²) >= 11 is 1.48. The van der Waals surface area contributed by atoms with E-state index in [-0.39, 0.29) is 11.2 Å². The molecule has 1 aliphatic rings. The first-order valence-electron chi connectivity index (χ1n) is 9.90. The van der Waals surface area contributed by atoms with Gasteiger partial charge < -0.3 is 4.74 Å². The molecule has 0 spiro atoms. The van der Waals surface area contributed by atoms with Crippen molar-refractivity contribution < 1.29 is 9.53 Å². The Hall–Kier alpha value is -3.12. The van der Waals surface area contributed by atoms with Crippen LogP contribution in [0.5, 0.6) is 5.75 Å². The molecular formula is C24H23N3O2S. The lowest BCUT2D eigenvalue weighted by Crippen LogP contribution is -2.31. The smallest absolute Gasteiger partial charge is 0.242 e. The summed E-state index contributed by atoms with van der Waals surface area (Å²) in [5.41, 5.74) is 1.94. The fourth-order valence-corrected chi connectivity index (χ4v) is 4.53. The molecule has 0 aliphatic carbocycles. The first-order chi connectivity index (χ1) is 14.7. The number of carbonyl (C=O) groups is 1. The zero-order chi connectivity index (χ0) is 20.9. The van der Waals surface area contributed by atoms with Crippen LogP contribution in [0, 0.1) is 0 Å². The molecule has 5 nitrogen and oxygen atoms in total. The van der Waals surface area contributed by atoms with Crippen molar-refractivity contribution in [1.29, 1.82) is 0 Å². The Morgan fingerprint density at radius 2 is 1.83 bits per heavy atom. The first kappa shape index (κ1) is 20.2. The fraction of sp³-hybridized carbons (Fsp3) is 0.208. The third-order valence-electron chi connectivity index (χ3n) is 5.08. The topological polar surface area (TPSA) is 54.3 Å². The van der Waals surface area contributed by atoms with E-state index in [9.17, 15) is 4.79 Å². The Morgan fingerprint density at radius 1 is 1.07 bits per heavy atom. The summed E-state index contributed by atoms with van der Waals surface area (Å²) in [5, 5.41) is 11.5. The molecule has 3 aromatic carbocycles. The van der Waals surface area contributed by atoms with Gasteiger partial charge >= 0.3 is 0 Å². The summed E-state index contributed by atoms with van der Waals surface area (Å²) in [6, 6.07) is 22.0. The van der Waals surface area contributed by atoms with Gasteiger partial charge in [0.15, 0.2) is 5.17 Å². The molecule has 0 unspecified atom stereocenters. The first-order valence-corrected chi connectivity index (χ1v) is 10.8. The van der Waals surface area contributed by atoms with Crippen LogP contribution in [0.15, 0.2) is 76.9 Å². The van der Waals surface area contributed by atoms with Crippen LogP contribution < -0.4 is 4.74 Å². The van der Waals surface area contributed by atoms with Gasteiger partial charge in [-0.05, 0) is 34.9 Å². The predicted octanol–water partition coefficient (Wildman–Crippen LogP) is 5.09. The third-order valence-corrected chi connectivity index (χ3v) is 6.41. The number of benzene rings is 3. The molecule has 0 N–H and O–H groups in total. The van der Waals surface area contributed by atoms with E-state index in [1.54, 1.807) is 18.2 Å². The van der Waals surface area contributed by atoms with Crippen molar-refractivity contribution >= 4 is 39.8 Å². The molecule has 1 saturated heterocycles. The Morgan fingerprint density at radius 3 is 2.67 bits per heavy atom. The molecule has 1 aliphatic heterocycles. The highest BCUT2D eigenvalue weighted by atomic mass is 32.2. The van der Waals surface area contributed by atoms with Gasteiger partial charge in [-0.15, -0.1) is 5.10 Å². The molecular weight excluding hydrogens is 394 g/mol. The van der Waals surface area contributed by atoms with Gasteiger partial charge in [-0.25, -0.2) is 0 Å². The maximum atomic E-state index is 13.0. The summed E-state index contributed by atoms with van der Waals surface area (Å²) in [5.74, 6) is 0.817. The van der Waals surface area contributed by atoms with Crippen molar-refractivity contribution in [3.05, 3.63) is 77.9 Å². The molecule has 0 saturated carbocycles. The number of carbonyl (C=O) groups excluding carboxylic acids is 1. The number of amidine groups is 1. The Kier molecular flexibility index (Phi) is 6.14. The van der Waals surface area contributed by atoms with Gasteiger partial charge in [-0.3, -0.25) is 9.69 Å². The summed E-state index contributed by atoms with van der Waals surface area (Å²) in [4.78, 5) is 14.7. The highest BCUT2D eigenvalue weighted by Gasteiger charge is 2.37. The van der Waals surface area contributed by atoms with E-state index in [0.717, 1.165) is 34.1 Å². The monoisotopic (exact) mass is 417 g/mol. The molecule has 1 amide bonds. The highest BCUT2D eigenvalue weighted by Crippen LogP contribution is 2.32. The van der Waals surface area contributed by atoms with Gasteiger partial charge in [0.25, 0.3) is 0 Å². The molecule has 3 aromatic rings. The van der Waals surface area contributed by atoms with E-state index in [0.29, 0.717) is 11.7 Å². The van der Waals surface area contributed by atoms with E-state index < -0.39 is 0 Å². The molecule has 6 heteroatoms. The van der Waals surface area contributed by atoms with Gasteiger partial charge in [0.05, 0.1) is 25.1 Å². The van der Waals surface area contributed by atoms with Crippen molar-refractivity contribution in [3.8, 4) is 5.75 Å². The van der Waals surface area contributed by atoms with Crippen LogP contribution in [0.25, 0.3) is 10.8 Å². The molecule has 0 radical (unpaired) electrons. The lowest BCUT2D eigenvalue weighted by atomic mass is 10.0. The number of ether oxygens (including phenoxy) is 1. The van der Waals surface area contributed by atoms with Crippen LogP contribution in [0.2, 0.25) is 0 Å². The molecule has 0 aromatic heterocycles. The van der Waals surface area contributed by atoms with E-state index >= 15 is 0 Å². The van der Waals surface area contributed by atoms with Crippen molar-refractivity contribution in [1.82, 2.24) is 4.90 Å². The summed E-state index contributed by atoms with van der Waals surface area (Å²) in [6.45, 7) is 2.50. The highest BCUT2D eigenvalue weighted by molar-refractivity contribution is 8.15. The number of para-hydroxylation sites is 1. The summed E-state index contributed by atoms with van der Waals surface area (Å²) < 4.78 is 5.35. The molecule has 1 atom stereocenters. The minimum atomic E-state index is -0.125. The largest absolute Gasteiger partial charge is 0.496 e. The van der Waals surface area contributed by atoms with E-state index in [4.69, 9.17) is 4.74 Å². The molecule has 4 rings (SSSR count).